The van der Waals surface area contributed by atoms with E-state index in [1.54, 1.807) is 146 Å². The van der Waals surface area contributed by atoms with Crippen molar-refractivity contribution in [2.75, 3.05) is 0 Å². The number of aryl methyl sites for hydroxylation is 24. The van der Waals surface area contributed by atoms with Crippen LogP contribution in [0.3, 0.4) is 0 Å². The molecule has 0 unspecified atom stereocenters. The standard InChI is InChI=1S/6C19H20O2.2Yb/c6*1-12-5-13(2)8-16(7-12)18(20)11-19(21)17-9-14(3)6-15(4)10-17;;/h6*5-11,20H,1-4H3;;/q;;;;;;2*+3/p-6/b6*18-11-;;. The Morgan fingerprint density at radius 1 is 0.133 bits per heavy atom. The molecule has 0 fully saturated rings. The Labute approximate surface area is 834 Å². The molecule has 0 heterocycles. The molecule has 0 aromatic heterocycles. The van der Waals surface area contributed by atoms with Crippen LogP contribution >= 0.6 is 0 Å². The van der Waals surface area contributed by atoms with Crippen LogP contribution in [0.1, 0.15) is 229 Å². The summed E-state index contributed by atoms with van der Waals surface area (Å²) in [6.07, 6.45) is 7.10. The average Bonchev–Trinajstić information content (AvgIpc) is 0.856. The van der Waals surface area contributed by atoms with Crippen molar-refractivity contribution in [2.24, 2.45) is 0 Å². The summed E-state index contributed by atoms with van der Waals surface area (Å²) in [5.74, 6) is -2.93. The molecule has 0 amide bonds. The molecule has 0 saturated carbocycles. The molecular weight excluding hydrogens is 1910 g/mol. The van der Waals surface area contributed by atoms with E-state index in [0.717, 1.165) is 134 Å². The summed E-state index contributed by atoms with van der Waals surface area (Å²) < 4.78 is 0. The Morgan fingerprint density at radius 3 is 0.266 bits per heavy atom. The number of ketones is 6. The third kappa shape index (κ3) is 35.5. The van der Waals surface area contributed by atoms with Crippen LogP contribution in [0.5, 0.6) is 0 Å². The van der Waals surface area contributed by atoms with E-state index < -0.39 is 0 Å². The number of hydrogen-bond donors (Lipinski definition) is 0. The number of allylic oxidation sites excluding steroid dienone is 6. The Hall–Kier alpha value is -11.1. The molecule has 0 N–H and O–H groups in total. The van der Waals surface area contributed by atoms with Gasteiger partial charge in [-0.25, -0.2) is 0 Å². The van der Waals surface area contributed by atoms with E-state index in [0.29, 0.717) is 66.8 Å². The second kappa shape index (κ2) is 50.0. The Morgan fingerprint density at radius 2 is 0.195 bits per heavy atom. The van der Waals surface area contributed by atoms with Crippen molar-refractivity contribution < 1.29 is 153 Å². The molecule has 14 heteroatoms. The van der Waals surface area contributed by atoms with Gasteiger partial charge < -0.3 is 30.6 Å². The van der Waals surface area contributed by atoms with Gasteiger partial charge in [0.05, 0.1) is 0 Å². The van der Waals surface area contributed by atoms with Gasteiger partial charge in [0.1, 0.15) is 0 Å². The molecule has 670 valence electrons. The second-order valence-corrected chi connectivity index (χ2v) is 33.8. The van der Waals surface area contributed by atoms with Crippen LogP contribution in [0, 0.1) is 260 Å². The van der Waals surface area contributed by atoms with Crippen LogP contribution in [0.15, 0.2) is 255 Å². The van der Waals surface area contributed by atoms with Crippen molar-refractivity contribution in [2.45, 2.75) is 166 Å². The maximum Gasteiger partial charge on any atom is 3.00 e. The van der Waals surface area contributed by atoms with Crippen LogP contribution in [0.2, 0.25) is 0 Å². The molecule has 0 atom stereocenters. The molecule has 0 saturated heterocycles. The molecule has 12 nitrogen and oxygen atoms in total. The van der Waals surface area contributed by atoms with Gasteiger partial charge in [0.15, 0.2) is 34.7 Å². The van der Waals surface area contributed by atoms with Crippen molar-refractivity contribution in [3.05, 3.63) is 455 Å². The van der Waals surface area contributed by atoms with Crippen LogP contribution in [-0.4, -0.2) is 34.7 Å². The summed E-state index contributed by atoms with van der Waals surface area (Å²) in [6.45, 7) is 46.6. The van der Waals surface area contributed by atoms with E-state index in [9.17, 15) is 59.4 Å². The zero-order chi connectivity index (χ0) is 93.4. The van der Waals surface area contributed by atoms with Crippen molar-refractivity contribution in [3.63, 3.8) is 0 Å². The van der Waals surface area contributed by atoms with Crippen molar-refractivity contribution in [3.8, 4) is 0 Å². The minimum atomic E-state index is -0.244. The Bertz CT molecular complexity index is 5100. The minimum Gasteiger partial charge on any atom is -0.872 e. The SMILES string of the molecule is Cc1cc(C)cc(C(=O)/C=C(\[O-])c2cc(C)cc(C)c2)c1.Cc1cc(C)cc(C(=O)/C=C(\[O-])c2cc(C)cc(C)c2)c1.Cc1cc(C)cc(C(=O)/C=C(\[O-])c2cc(C)cc(C)c2)c1.Cc1cc(C)cc(C(=O)/C=C(\[O-])c2cc(C)cc(C)c2)c1.Cc1cc(C)cc(C(=O)/C=C(\[O-])c2cc(C)cc(C)c2)c1.Cc1cc(C)cc(C(=O)/C=C(\[O-])c2cc(C)cc(C)c2)c1.[Yb+3].[Yb+3]. The molecule has 0 aliphatic rings. The van der Waals surface area contributed by atoms with Gasteiger partial charge in [0.25, 0.3) is 0 Å². The quantitative estimate of drug-likeness (QED) is 0.0443. The maximum atomic E-state index is 12.2. The Balaban J connectivity index is 0.000000271. The van der Waals surface area contributed by atoms with E-state index in [2.05, 4.69) is 0 Å². The predicted octanol–water partition coefficient (Wildman–Crippen LogP) is 21.0. The number of carbonyl (C=O) groups excluding carboxylic acids is 6. The second-order valence-electron chi connectivity index (χ2n) is 33.8. The minimum absolute atomic E-state index is 0. The number of rotatable bonds is 18. The van der Waals surface area contributed by atoms with Gasteiger partial charge in [0, 0.05) is 33.4 Å². The summed E-state index contributed by atoms with van der Waals surface area (Å²) >= 11 is 0. The largest absolute Gasteiger partial charge is 3.00 e. The molecule has 12 rings (SSSR count). The van der Waals surface area contributed by atoms with Gasteiger partial charge in [-0.2, -0.15) is 0 Å². The number of hydrogen-bond acceptors (Lipinski definition) is 12. The van der Waals surface area contributed by atoms with Crippen LogP contribution in [0.25, 0.3) is 34.6 Å². The third-order valence-electron chi connectivity index (χ3n) is 19.6. The average molecular weight is 2020 g/mol. The molecule has 12 aromatic carbocycles. The van der Waals surface area contributed by atoms with Crippen molar-refractivity contribution in [1.29, 1.82) is 0 Å². The van der Waals surface area contributed by atoms with Crippen LogP contribution in [-0.2, 0) is 0 Å². The van der Waals surface area contributed by atoms with E-state index in [4.69, 9.17) is 0 Å². The van der Waals surface area contributed by atoms with Gasteiger partial charge in [-0.15, -0.1) is 0 Å². The van der Waals surface area contributed by atoms with Crippen molar-refractivity contribution in [1.82, 2.24) is 0 Å². The fourth-order valence-corrected chi connectivity index (χ4v) is 15.1. The van der Waals surface area contributed by atoms with E-state index in [1.165, 1.54) is 36.5 Å². The van der Waals surface area contributed by atoms with Gasteiger partial charge in [-0.1, -0.05) is 314 Å². The van der Waals surface area contributed by atoms with E-state index in [-0.39, 0.29) is 163 Å². The first-order chi connectivity index (χ1) is 59.1. The van der Waals surface area contributed by atoms with Gasteiger partial charge in [0.2, 0.25) is 0 Å². The van der Waals surface area contributed by atoms with E-state index >= 15 is 0 Å². The van der Waals surface area contributed by atoms with Gasteiger partial charge in [-0.3, -0.25) is 28.8 Å². The van der Waals surface area contributed by atoms with Gasteiger partial charge in [-0.05, 0) is 309 Å². The summed E-state index contributed by atoms with van der Waals surface area (Å²) in [6, 6.07) is 67.4. The number of benzene rings is 12. The zero-order valence-electron chi connectivity index (χ0n) is 77.7. The normalized spacial score (nSPS) is 11.3. The topological polar surface area (TPSA) is 241 Å². The fourth-order valence-electron chi connectivity index (χ4n) is 15.1. The summed E-state index contributed by atoms with van der Waals surface area (Å²) in [5, 5.41) is 73.4. The molecule has 128 heavy (non-hydrogen) atoms. The number of carbonyl (C=O) groups is 6. The molecule has 2 radical (unpaired) electrons. The third-order valence-corrected chi connectivity index (χ3v) is 19.6. The molecule has 0 aliphatic heterocycles. The van der Waals surface area contributed by atoms with E-state index in [1.807, 2.05) is 239 Å². The molecule has 12 aromatic rings. The monoisotopic (exact) mass is 2020 g/mol. The molecule has 0 aliphatic carbocycles. The summed E-state index contributed by atoms with van der Waals surface area (Å²) in [7, 11) is 0. The smallest absolute Gasteiger partial charge is 0.872 e. The molecular formula is C114H114O12Yb2. The first-order valence-corrected chi connectivity index (χ1v) is 41.7. The fraction of sp³-hybridized carbons (Fsp3) is 0.211. The first-order valence-electron chi connectivity index (χ1n) is 41.7. The van der Waals surface area contributed by atoms with Crippen molar-refractivity contribution >= 4 is 69.3 Å². The van der Waals surface area contributed by atoms with Crippen LogP contribution in [0.4, 0.5) is 0 Å². The Kier molecular flexibility index (Phi) is 42.0. The predicted molar refractivity (Wildman–Crippen MR) is 505 cm³/mol. The summed E-state index contributed by atoms with van der Waals surface area (Å²) in [5.41, 5.74) is 31.2. The molecule has 0 bridgehead atoms. The zero-order valence-corrected chi connectivity index (χ0v) is 81.1. The van der Waals surface area contributed by atoms with Crippen LogP contribution < -0.4 is 30.6 Å². The summed E-state index contributed by atoms with van der Waals surface area (Å²) in [4.78, 5) is 73.4. The first kappa shape index (κ1) is 107. The molecule has 0 spiro atoms. The van der Waals surface area contributed by atoms with Gasteiger partial charge >= 0.3 is 93.8 Å². The maximum absolute atomic E-state index is 12.2.